The minimum Gasteiger partial charge on any atom is -0.480 e. The van der Waals surface area contributed by atoms with Crippen LogP contribution in [0.1, 0.15) is 29.9 Å². The fourth-order valence-corrected chi connectivity index (χ4v) is 4.60. The van der Waals surface area contributed by atoms with Crippen LogP contribution in [-0.4, -0.2) is 66.4 Å². The van der Waals surface area contributed by atoms with Crippen molar-refractivity contribution in [3.05, 3.63) is 72.3 Å². The maximum Gasteiger partial charge on any atom is 0.407 e. The highest BCUT2D eigenvalue weighted by atomic mass is 16.5. The van der Waals surface area contributed by atoms with Crippen LogP contribution in [0.3, 0.4) is 0 Å². The molecular weight excluding hydrogens is 436 g/mol. The van der Waals surface area contributed by atoms with Gasteiger partial charge < -0.3 is 24.8 Å². The molecule has 0 spiro atoms. The van der Waals surface area contributed by atoms with E-state index >= 15 is 0 Å². The molecule has 8 heteroatoms. The Morgan fingerprint density at radius 2 is 1.79 bits per heavy atom. The summed E-state index contributed by atoms with van der Waals surface area (Å²) in [6.07, 6.45) is 1.69. The van der Waals surface area contributed by atoms with Crippen molar-refractivity contribution in [1.82, 2.24) is 10.2 Å². The quantitative estimate of drug-likeness (QED) is 0.582. The Morgan fingerprint density at radius 1 is 1.15 bits per heavy atom. The molecule has 1 aliphatic carbocycles. The number of allylic oxidation sites excluding steroid dienone is 1. The Balaban J connectivity index is 1.44. The number of carboxylic acids is 1. The molecule has 1 heterocycles. The van der Waals surface area contributed by atoms with Crippen molar-refractivity contribution in [1.29, 1.82) is 0 Å². The third-order valence-electron chi connectivity index (χ3n) is 6.29. The first-order chi connectivity index (χ1) is 16.5. The summed E-state index contributed by atoms with van der Waals surface area (Å²) in [7, 11) is 0. The molecule has 34 heavy (non-hydrogen) atoms. The maximum absolute atomic E-state index is 13.1. The lowest BCUT2D eigenvalue weighted by Gasteiger charge is -2.35. The first kappa shape index (κ1) is 23.5. The first-order valence-corrected chi connectivity index (χ1v) is 11.3. The van der Waals surface area contributed by atoms with Crippen molar-refractivity contribution in [2.75, 3.05) is 26.4 Å². The molecule has 1 aliphatic heterocycles. The molecule has 2 atom stereocenters. The van der Waals surface area contributed by atoms with Gasteiger partial charge in [-0.05, 0) is 35.1 Å². The van der Waals surface area contributed by atoms with Crippen LogP contribution < -0.4 is 5.32 Å². The third-order valence-corrected chi connectivity index (χ3v) is 6.29. The number of hydrogen-bond acceptors (Lipinski definition) is 5. The Morgan fingerprint density at radius 3 is 2.41 bits per heavy atom. The Bertz CT molecular complexity index is 1040. The van der Waals surface area contributed by atoms with Crippen molar-refractivity contribution in [3.8, 4) is 11.1 Å². The molecule has 2 unspecified atom stereocenters. The van der Waals surface area contributed by atoms with Gasteiger partial charge in [0.1, 0.15) is 12.6 Å². The van der Waals surface area contributed by atoms with E-state index in [0.29, 0.717) is 6.42 Å². The number of morpholine rings is 1. The third kappa shape index (κ3) is 4.82. The number of nitrogens with zero attached hydrogens (tertiary/aromatic N) is 1. The lowest BCUT2D eigenvalue weighted by Crippen LogP contribution is -2.58. The molecule has 2 aliphatic rings. The largest absolute Gasteiger partial charge is 0.480 e. The van der Waals surface area contributed by atoms with Gasteiger partial charge in [0.2, 0.25) is 5.91 Å². The van der Waals surface area contributed by atoms with Crippen LogP contribution in [0.4, 0.5) is 4.79 Å². The average Bonchev–Trinajstić information content (AvgIpc) is 3.18. The predicted molar refractivity (Wildman–Crippen MR) is 125 cm³/mol. The minimum atomic E-state index is -1.14. The number of carboxylic acid groups (broad SMARTS) is 1. The molecule has 178 valence electrons. The molecular formula is C26H28N2O6. The van der Waals surface area contributed by atoms with Crippen molar-refractivity contribution >= 4 is 18.0 Å². The van der Waals surface area contributed by atoms with Crippen LogP contribution in [0.2, 0.25) is 0 Å². The standard InChI is InChI=1S/C26H28N2O6/c1-2-3-12-22(24(29)28-13-14-33-16-23(28)25(30)31)27-26(32)34-15-21-19-10-6-4-8-17(19)18-9-5-7-11-20(18)21/h2,4-11,21-23H,1,3,12-16H2,(H,27,32)(H,30,31). The molecule has 0 bridgehead atoms. The number of alkyl carbamates (subject to hydrolysis) is 1. The Hall–Kier alpha value is -3.65. The maximum atomic E-state index is 13.1. The van der Waals surface area contributed by atoms with Gasteiger partial charge in [0.05, 0.1) is 13.2 Å². The van der Waals surface area contributed by atoms with E-state index in [1.165, 1.54) is 4.90 Å². The van der Waals surface area contributed by atoms with Gasteiger partial charge in [-0.25, -0.2) is 9.59 Å². The van der Waals surface area contributed by atoms with Crippen LogP contribution in [0, 0.1) is 0 Å². The summed E-state index contributed by atoms with van der Waals surface area (Å²) < 4.78 is 10.8. The molecule has 0 aromatic heterocycles. The average molecular weight is 465 g/mol. The smallest absolute Gasteiger partial charge is 0.407 e. The summed E-state index contributed by atoms with van der Waals surface area (Å²) in [5.41, 5.74) is 4.43. The number of nitrogens with one attached hydrogen (secondary N) is 1. The van der Waals surface area contributed by atoms with Crippen LogP contribution >= 0.6 is 0 Å². The number of benzene rings is 2. The fraction of sp³-hybridized carbons (Fsp3) is 0.346. The normalized spacial score (nSPS) is 17.9. The van der Waals surface area contributed by atoms with Gasteiger partial charge in [-0.2, -0.15) is 0 Å². The highest BCUT2D eigenvalue weighted by Crippen LogP contribution is 2.44. The van der Waals surface area contributed by atoms with Gasteiger partial charge >= 0.3 is 12.1 Å². The minimum absolute atomic E-state index is 0.0831. The zero-order valence-electron chi connectivity index (χ0n) is 18.8. The SMILES string of the molecule is C=CCCC(NC(=O)OCC1c2ccccc2-c2ccccc21)C(=O)N1CCOCC1C(=O)O. The molecule has 8 nitrogen and oxygen atoms in total. The number of amides is 2. The van der Waals surface area contributed by atoms with Crippen LogP contribution in [0.5, 0.6) is 0 Å². The van der Waals surface area contributed by atoms with Crippen LogP contribution in [0.15, 0.2) is 61.2 Å². The highest BCUT2D eigenvalue weighted by molar-refractivity contribution is 5.89. The lowest BCUT2D eigenvalue weighted by molar-refractivity contribution is -0.159. The number of carbonyl (C=O) groups is 3. The second kappa shape index (κ2) is 10.5. The van der Waals surface area contributed by atoms with Gasteiger partial charge in [-0.3, -0.25) is 4.79 Å². The molecule has 0 saturated carbocycles. The van der Waals surface area contributed by atoms with Crippen molar-refractivity contribution in [2.45, 2.75) is 30.8 Å². The summed E-state index contributed by atoms with van der Waals surface area (Å²) in [6.45, 7) is 4.10. The van der Waals surface area contributed by atoms with E-state index in [1.807, 2.05) is 36.4 Å². The van der Waals surface area contributed by atoms with E-state index < -0.39 is 30.1 Å². The van der Waals surface area contributed by atoms with Crippen LogP contribution in [-0.2, 0) is 19.1 Å². The molecule has 2 aromatic rings. The fourth-order valence-electron chi connectivity index (χ4n) is 4.60. The van der Waals surface area contributed by atoms with Gasteiger partial charge in [0, 0.05) is 12.5 Å². The number of hydrogen-bond donors (Lipinski definition) is 2. The predicted octanol–water partition coefficient (Wildman–Crippen LogP) is 3.17. The van der Waals surface area contributed by atoms with Crippen LogP contribution in [0.25, 0.3) is 11.1 Å². The second-order valence-electron chi connectivity index (χ2n) is 8.35. The zero-order chi connectivity index (χ0) is 24.1. The molecule has 4 rings (SSSR count). The van der Waals surface area contributed by atoms with E-state index in [9.17, 15) is 19.5 Å². The number of aliphatic carboxylic acids is 1. The summed E-state index contributed by atoms with van der Waals surface area (Å²) in [6, 6.07) is 14.1. The summed E-state index contributed by atoms with van der Waals surface area (Å²) in [4.78, 5) is 38.7. The van der Waals surface area contributed by atoms with Crippen molar-refractivity contribution in [3.63, 3.8) is 0 Å². The summed E-state index contributed by atoms with van der Waals surface area (Å²) in [5.74, 6) is -1.71. The highest BCUT2D eigenvalue weighted by Gasteiger charge is 2.37. The topological polar surface area (TPSA) is 105 Å². The number of carbonyl (C=O) groups excluding carboxylic acids is 2. The Labute approximate surface area is 198 Å². The molecule has 2 N–H and O–H groups in total. The number of ether oxygens (including phenoxy) is 2. The van der Waals surface area contributed by atoms with Gasteiger partial charge in [0.25, 0.3) is 0 Å². The lowest BCUT2D eigenvalue weighted by atomic mass is 9.98. The van der Waals surface area contributed by atoms with E-state index in [4.69, 9.17) is 9.47 Å². The van der Waals surface area contributed by atoms with E-state index in [0.717, 1.165) is 22.3 Å². The number of fused-ring (bicyclic) bond motifs is 3. The van der Waals surface area contributed by atoms with E-state index in [1.54, 1.807) is 6.08 Å². The van der Waals surface area contributed by atoms with Crippen molar-refractivity contribution in [2.24, 2.45) is 0 Å². The summed E-state index contributed by atoms with van der Waals surface area (Å²) >= 11 is 0. The van der Waals surface area contributed by atoms with Gasteiger partial charge in [0.15, 0.2) is 6.04 Å². The molecule has 1 fully saturated rings. The van der Waals surface area contributed by atoms with E-state index in [2.05, 4.69) is 24.0 Å². The molecule has 2 aromatic carbocycles. The monoisotopic (exact) mass is 464 g/mol. The molecule has 1 saturated heterocycles. The number of rotatable bonds is 8. The molecule has 2 amide bonds. The van der Waals surface area contributed by atoms with Gasteiger partial charge in [-0.1, -0.05) is 54.6 Å². The van der Waals surface area contributed by atoms with E-state index in [-0.39, 0.29) is 38.7 Å². The zero-order valence-corrected chi connectivity index (χ0v) is 18.8. The summed E-state index contributed by atoms with van der Waals surface area (Å²) in [5, 5.41) is 12.1. The molecule has 0 radical (unpaired) electrons. The first-order valence-electron chi connectivity index (χ1n) is 11.3. The van der Waals surface area contributed by atoms with Gasteiger partial charge in [-0.15, -0.1) is 6.58 Å². The van der Waals surface area contributed by atoms with Crippen molar-refractivity contribution < 1.29 is 29.0 Å². The second-order valence-corrected chi connectivity index (χ2v) is 8.35. The Kier molecular flexibility index (Phi) is 7.27.